The highest BCUT2D eigenvalue weighted by atomic mass is 16.5. The van der Waals surface area contributed by atoms with Gasteiger partial charge in [0.15, 0.2) is 0 Å². The molecule has 0 aromatic heterocycles. The molecule has 1 saturated carbocycles. The van der Waals surface area contributed by atoms with E-state index >= 15 is 0 Å². The van der Waals surface area contributed by atoms with Crippen LogP contribution in [0.25, 0.3) is 0 Å². The Morgan fingerprint density at radius 1 is 1.26 bits per heavy atom. The molecule has 4 nitrogen and oxygen atoms in total. The fourth-order valence-corrected chi connectivity index (χ4v) is 3.83. The van der Waals surface area contributed by atoms with Gasteiger partial charge in [-0.15, -0.1) is 0 Å². The number of likely N-dealkylation sites (tertiary alicyclic amines) is 2. The van der Waals surface area contributed by atoms with Crippen molar-refractivity contribution in [2.75, 3.05) is 32.8 Å². The van der Waals surface area contributed by atoms with Gasteiger partial charge in [0.25, 0.3) is 0 Å². The molecule has 0 spiro atoms. The van der Waals surface area contributed by atoms with Crippen molar-refractivity contribution in [2.45, 2.75) is 57.0 Å². The smallest absolute Gasteiger partial charge is 0.307 e. The number of ether oxygens (including phenoxy) is 1. The van der Waals surface area contributed by atoms with E-state index in [1.165, 1.54) is 32.2 Å². The van der Waals surface area contributed by atoms with E-state index in [1.54, 1.807) is 0 Å². The predicted octanol–water partition coefficient (Wildman–Crippen LogP) is 1.64. The van der Waals surface area contributed by atoms with Crippen LogP contribution in [0.1, 0.15) is 45.4 Å². The maximum atomic E-state index is 12.0. The first-order valence-corrected chi connectivity index (χ1v) is 7.88. The Hall–Kier alpha value is -0.610. The van der Waals surface area contributed by atoms with Crippen LogP contribution >= 0.6 is 0 Å². The third-order valence-electron chi connectivity index (χ3n) is 4.98. The Morgan fingerprint density at radius 2 is 2.00 bits per heavy atom. The number of esters is 1. The molecule has 2 heterocycles. The largest absolute Gasteiger partial charge is 0.466 e. The van der Waals surface area contributed by atoms with Gasteiger partial charge in [0.1, 0.15) is 0 Å². The zero-order valence-electron chi connectivity index (χ0n) is 12.1. The minimum absolute atomic E-state index is 0.00736. The van der Waals surface area contributed by atoms with E-state index in [1.807, 2.05) is 6.92 Å². The summed E-state index contributed by atoms with van der Waals surface area (Å²) in [5, 5.41) is 0. The summed E-state index contributed by atoms with van der Waals surface area (Å²) in [6.45, 7) is 6.97. The molecule has 0 amide bonds. The summed E-state index contributed by atoms with van der Waals surface area (Å²) >= 11 is 0. The van der Waals surface area contributed by atoms with Gasteiger partial charge in [0, 0.05) is 24.7 Å². The van der Waals surface area contributed by atoms with Crippen molar-refractivity contribution in [3.05, 3.63) is 0 Å². The third-order valence-corrected chi connectivity index (χ3v) is 4.98. The summed E-state index contributed by atoms with van der Waals surface area (Å²) < 4.78 is 5.22. The maximum absolute atomic E-state index is 12.0. The van der Waals surface area contributed by atoms with E-state index in [2.05, 4.69) is 9.80 Å². The second-order valence-corrected chi connectivity index (χ2v) is 6.35. The first-order valence-electron chi connectivity index (χ1n) is 7.88. The van der Waals surface area contributed by atoms with E-state index < -0.39 is 0 Å². The lowest BCUT2D eigenvalue weighted by molar-refractivity contribution is -0.146. The molecule has 0 bridgehead atoms. The third kappa shape index (κ3) is 2.79. The van der Waals surface area contributed by atoms with Crippen LogP contribution in [-0.4, -0.2) is 60.1 Å². The van der Waals surface area contributed by atoms with Crippen molar-refractivity contribution in [3.8, 4) is 0 Å². The molecular weight excluding hydrogens is 240 g/mol. The number of nitrogens with zero attached hydrogens (tertiary/aromatic N) is 2. The monoisotopic (exact) mass is 266 g/mol. The second-order valence-electron chi connectivity index (χ2n) is 6.35. The Kier molecular flexibility index (Phi) is 3.81. The average Bonchev–Trinajstić information content (AvgIpc) is 2.92. The van der Waals surface area contributed by atoms with Gasteiger partial charge in [-0.1, -0.05) is 0 Å². The van der Waals surface area contributed by atoms with E-state index in [-0.39, 0.29) is 11.5 Å². The number of carbonyl (C=O) groups is 1. The highest BCUT2D eigenvalue weighted by molar-refractivity contribution is 5.71. The summed E-state index contributed by atoms with van der Waals surface area (Å²) in [5.74, 6) is -0.00736. The van der Waals surface area contributed by atoms with Crippen LogP contribution in [0.4, 0.5) is 0 Å². The lowest BCUT2D eigenvalue weighted by atomic mass is 9.92. The summed E-state index contributed by atoms with van der Waals surface area (Å²) in [7, 11) is 0. The molecule has 108 valence electrons. The van der Waals surface area contributed by atoms with Crippen molar-refractivity contribution in [3.63, 3.8) is 0 Å². The highest BCUT2D eigenvalue weighted by Gasteiger charge is 2.48. The highest BCUT2D eigenvalue weighted by Crippen LogP contribution is 2.39. The Balaban J connectivity index is 1.69. The topological polar surface area (TPSA) is 32.8 Å². The summed E-state index contributed by atoms with van der Waals surface area (Å²) in [5.41, 5.74) is 0.0747. The molecule has 3 aliphatic rings. The molecule has 0 aromatic rings. The van der Waals surface area contributed by atoms with Crippen LogP contribution in [0, 0.1) is 0 Å². The first kappa shape index (κ1) is 13.4. The Morgan fingerprint density at radius 3 is 2.63 bits per heavy atom. The van der Waals surface area contributed by atoms with Gasteiger partial charge in [0.05, 0.1) is 13.0 Å². The molecule has 3 fully saturated rings. The first-order chi connectivity index (χ1) is 9.23. The molecule has 0 N–H and O–H groups in total. The minimum Gasteiger partial charge on any atom is -0.466 e. The van der Waals surface area contributed by atoms with Crippen molar-refractivity contribution in [1.29, 1.82) is 0 Å². The zero-order valence-corrected chi connectivity index (χ0v) is 12.1. The minimum atomic E-state index is -0.00736. The van der Waals surface area contributed by atoms with Gasteiger partial charge >= 0.3 is 5.97 Å². The molecule has 2 saturated heterocycles. The van der Waals surface area contributed by atoms with Crippen LogP contribution in [-0.2, 0) is 9.53 Å². The fraction of sp³-hybridized carbons (Fsp3) is 0.933. The molecule has 1 aliphatic carbocycles. The molecular formula is C15H26N2O2. The van der Waals surface area contributed by atoms with E-state index in [0.717, 1.165) is 32.1 Å². The summed E-state index contributed by atoms with van der Waals surface area (Å²) in [6.07, 6.45) is 7.01. The van der Waals surface area contributed by atoms with Crippen LogP contribution in [0.5, 0.6) is 0 Å². The summed E-state index contributed by atoms with van der Waals surface area (Å²) in [4.78, 5) is 17.2. The second kappa shape index (κ2) is 5.41. The van der Waals surface area contributed by atoms with Gasteiger partial charge in [-0.25, -0.2) is 0 Å². The van der Waals surface area contributed by atoms with E-state index in [4.69, 9.17) is 4.74 Å². The predicted molar refractivity (Wildman–Crippen MR) is 74.0 cm³/mol. The van der Waals surface area contributed by atoms with Gasteiger partial charge in [0.2, 0.25) is 0 Å². The SMILES string of the molecule is CCOC(=O)CC1(N2CCCC2)CCN(C2CC2)C1. The van der Waals surface area contributed by atoms with Crippen molar-refractivity contribution in [1.82, 2.24) is 9.80 Å². The lowest BCUT2D eigenvalue weighted by Crippen LogP contribution is -2.51. The molecule has 1 unspecified atom stereocenters. The number of hydrogen-bond acceptors (Lipinski definition) is 4. The maximum Gasteiger partial charge on any atom is 0.307 e. The van der Waals surface area contributed by atoms with Crippen molar-refractivity contribution in [2.24, 2.45) is 0 Å². The van der Waals surface area contributed by atoms with Gasteiger partial charge < -0.3 is 4.74 Å². The molecule has 0 aromatic carbocycles. The fourth-order valence-electron chi connectivity index (χ4n) is 3.83. The van der Waals surface area contributed by atoms with Crippen LogP contribution in [0.2, 0.25) is 0 Å². The van der Waals surface area contributed by atoms with E-state index in [0.29, 0.717) is 13.0 Å². The van der Waals surface area contributed by atoms with Crippen LogP contribution in [0.3, 0.4) is 0 Å². The van der Waals surface area contributed by atoms with Crippen LogP contribution in [0.15, 0.2) is 0 Å². The number of rotatable bonds is 5. The lowest BCUT2D eigenvalue weighted by Gasteiger charge is -2.38. The van der Waals surface area contributed by atoms with Gasteiger partial charge in [-0.2, -0.15) is 0 Å². The molecule has 4 heteroatoms. The molecule has 3 rings (SSSR count). The normalized spacial score (nSPS) is 32.9. The number of carbonyl (C=O) groups excluding carboxylic acids is 1. The number of hydrogen-bond donors (Lipinski definition) is 0. The van der Waals surface area contributed by atoms with Crippen molar-refractivity contribution < 1.29 is 9.53 Å². The Labute approximate surface area is 116 Å². The van der Waals surface area contributed by atoms with Gasteiger partial charge in [-0.05, 0) is 52.1 Å². The summed E-state index contributed by atoms with van der Waals surface area (Å²) in [6, 6.07) is 0.812. The standard InChI is InChI=1S/C15H26N2O2/c1-2-19-14(18)11-15(17-8-3-4-9-17)7-10-16(12-15)13-5-6-13/h13H,2-12H2,1H3. The molecule has 1 atom stereocenters. The average molecular weight is 266 g/mol. The van der Waals surface area contributed by atoms with Gasteiger partial charge in [-0.3, -0.25) is 14.6 Å². The van der Waals surface area contributed by atoms with Crippen LogP contribution < -0.4 is 0 Å². The molecule has 2 aliphatic heterocycles. The zero-order chi connectivity index (χ0) is 13.3. The molecule has 19 heavy (non-hydrogen) atoms. The van der Waals surface area contributed by atoms with Crippen molar-refractivity contribution >= 4 is 5.97 Å². The Bertz CT molecular complexity index is 337. The molecule has 0 radical (unpaired) electrons. The van der Waals surface area contributed by atoms with E-state index in [9.17, 15) is 4.79 Å². The quantitative estimate of drug-likeness (QED) is 0.708.